The molecule has 0 aromatic heterocycles. The smallest absolute Gasteiger partial charge is 0.143 e. The van der Waals surface area contributed by atoms with Gasteiger partial charge in [0.2, 0.25) is 0 Å². The van der Waals surface area contributed by atoms with Crippen LogP contribution in [0.25, 0.3) is 0 Å². The number of carboxylic acids is 1. The molecule has 0 radical (unpaired) electrons. The summed E-state index contributed by atoms with van der Waals surface area (Å²) >= 11 is 11.0. The van der Waals surface area contributed by atoms with E-state index in [1.54, 1.807) is 0 Å². The van der Waals surface area contributed by atoms with Crippen molar-refractivity contribution in [3.63, 3.8) is 0 Å². The van der Waals surface area contributed by atoms with Crippen molar-refractivity contribution in [1.29, 1.82) is 0 Å². The molecule has 0 aliphatic heterocycles. The Bertz CT molecular complexity index is 352. The van der Waals surface area contributed by atoms with Crippen LogP contribution in [0.2, 0.25) is 10.0 Å². The van der Waals surface area contributed by atoms with Crippen molar-refractivity contribution < 1.29 is 14.3 Å². The largest absolute Gasteiger partial charge is 0.550 e. The van der Waals surface area contributed by atoms with E-state index >= 15 is 0 Å². The van der Waals surface area contributed by atoms with Gasteiger partial charge in [0.1, 0.15) is 5.82 Å². The maximum absolute atomic E-state index is 12.7. The Morgan fingerprint density at radius 2 is 2.00 bits per heavy atom. The van der Waals surface area contributed by atoms with Crippen molar-refractivity contribution in [3.8, 4) is 0 Å². The Hall–Kier alpha value is -0.800. The van der Waals surface area contributed by atoms with Crippen LogP contribution in [0, 0.1) is 5.82 Å². The zero-order valence-electron chi connectivity index (χ0n) is 6.31. The molecule has 70 valence electrons. The van der Waals surface area contributed by atoms with Gasteiger partial charge in [-0.2, -0.15) is 0 Å². The highest BCUT2D eigenvalue weighted by molar-refractivity contribution is 6.33. The first-order valence-electron chi connectivity index (χ1n) is 3.34. The van der Waals surface area contributed by atoms with Gasteiger partial charge in [0.15, 0.2) is 0 Å². The Kier molecular flexibility index (Phi) is 3.12. The Morgan fingerprint density at radius 3 is 2.54 bits per heavy atom. The number of rotatable bonds is 2. The van der Waals surface area contributed by atoms with Gasteiger partial charge in [-0.05, 0) is 17.7 Å². The SMILES string of the molecule is O=C([O-])Cc1cc(Cl)c(F)cc1Cl. The number of halogens is 3. The van der Waals surface area contributed by atoms with Crippen molar-refractivity contribution in [2.24, 2.45) is 0 Å². The van der Waals surface area contributed by atoms with Crippen LogP contribution in [-0.4, -0.2) is 5.97 Å². The molecule has 1 rings (SSSR count). The number of hydrogen-bond donors (Lipinski definition) is 0. The molecule has 0 unspecified atom stereocenters. The molecule has 0 amide bonds. The topological polar surface area (TPSA) is 40.1 Å². The lowest BCUT2D eigenvalue weighted by Gasteiger charge is -2.05. The molecular weight excluding hydrogens is 218 g/mol. The van der Waals surface area contributed by atoms with E-state index in [1.807, 2.05) is 0 Å². The van der Waals surface area contributed by atoms with Crippen LogP contribution in [0.15, 0.2) is 12.1 Å². The highest BCUT2D eigenvalue weighted by Crippen LogP contribution is 2.24. The van der Waals surface area contributed by atoms with Gasteiger partial charge in [-0.3, -0.25) is 0 Å². The van der Waals surface area contributed by atoms with Crippen LogP contribution in [0.5, 0.6) is 0 Å². The van der Waals surface area contributed by atoms with Crippen LogP contribution < -0.4 is 5.11 Å². The molecule has 0 N–H and O–H groups in total. The Labute approximate surface area is 83.9 Å². The van der Waals surface area contributed by atoms with E-state index in [0.29, 0.717) is 0 Å². The van der Waals surface area contributed by atoms with Crippen molar-refractivity contribution in [2.45, 2.75) is 6.42 Å². The summed E-state index contributed by atoms with van der Waals surface area (Å²) in [4.78, 5) is 10.2. The fraction of sp³-hybridized carbons (Fsp3) is 0.125. The van der Waals surface area contributed by atoms with Crippen LogP contribution in [-0.2, 0) is 11.2 Å². The van der Waals surface area contributed by atoms with Crippen molar-refractivity contribution >= 4 is 29.2 Å². The quantitative estimate of drug-likeness (QED) is 0.710. The van der Waals surface area contributed by atoms with Crippen molar-refractivity contribution in [2.75, 3.05) is 0 Å². The molecule has 0 aliphatic rings. The van der Waals surface area contributed by atoms with E-state index < -0.39 is 11.8 Å². The second-order valence-electron chi connectivity index (χ2n) is 2.41. The zero-order chi connectivity index (χ0) is 10.0. The molecular formula is C8H4Cl2FO2-. The molecule has 0 spiro atoms. The lowest BCUT2D eigenvalue weighted by Crippen LogP contribution is -2.24. The summed E-state index contributed by atoms with van der Waals surface area (Å²) < 4.78 is 12.7. The minimum Gasteiger partial charge on any atom is -0.550 e. The van der Waals surface area contributed by atoms with Gasteiger partial charge in [0, 0.05) is 17.4 Å². The number of carbonyl (C=O) groups excluding carboxylic acids is 1. The number of hydrogen-bond acceptors (Lipinski definition) is 2. The van der Waals surface area contributed by atoms with Crippen LogP contribution in [0.3, 0.4) is 0 Å². The standard InChI is InChI=1S/C8H5Cl2FO2/c9-5-3-7(11)6(10)1-4(5)2-8(12)13/h1,3H,2H2,(H,12,13)/p-1. The summed E-state index contributed by atoms with van der Waals surface area (Å²) in [7, 11) is 0. The molecule has 1 aromatic carbocycles. The first-order valence-corrected chi connectivity index (χ1v) is 4.09. The van der Waals surface area contributed by atoms with Gasteiger partial charge in [-0.25, -0.2) is 4.39 Å². The van der Waals surface area contributed by atoms with Gasteiger partial charge in [-0.15, -0.1) is 0 Å². The molecule has 0 bridgehead atoms. The van der Waals surface area contributed by atoms with Crippen LogP contribution in [0.1, 0.15) is 5.56 Å². The lowest BCUT2D eigenvalue weighted by molar-refractivity contribution is -0.304. The highest BCUT2D eigenvalue weighted by atomic mass is 35.5. The van der Waals surface area contributed by atoms with E-state index in [0.717, 1.165) is 6.07 Å². The van der Waals surface area contributed by atoms with Crippen molar-refractivity contribution in [3.05, 3.63) is 33.6 Å². The number of aliphatic carboxylic acids is 1. The Balaban J connectivity index is 3.08. The Morgan fingerprint density at radius 1 is 1.38 bits per heavy atom. The molecule has 0 heterocycles. The normalized spacial score (nSPS) is 10.1. The number of carboxylic acid groups (broad SMARTS) is 1. The maximum Gasteiger partial charge on any atom is 0.143 e. The van der Waals surface area contributed by atoms with Gasteiger partial charge in [0.25, 0.3) is 0 Å². The third-order valence-electron chi connectivity index (χ3n) is 1.42. The molecule has 5 heteroatoms. The molecule has 0 fully saturated rings. The third kappa shape index (κ3) is 2.57. The summed E-state index contributed by atoms with van der Waals surface area (Å²) in [5, 5.41) is 10.1. The number of carbonyl (C=O) groups is 1. The average molecular weight is 222 g/mol. The van der Waals surface area contributed by atoms with Gasteiger partial charge in [-0.1, -0.05) is 23.2 Å². The molecule has 0 aliphatic carbocycles. The van der Waals surface area contributed by atoms with Crippen LogP contribution in [0.4, 0.5) is 4.39 Å². The molecule has 0 saturated heterocycles. The zero-order valence-corrected chi connectivity index (χ0v) is 7.82. The fourth-order valence-electron chi connectivity index (χ4n) is 0.855. The minimum absolute atomic E-state index is 0.0334. The first kappa shape index (κ1) is 10.3. The third-order valence-corrected chi connectivity index (χ3v) is 2.07. The maximum atomic E-state index is 12.7. The predicted molar refractivity (Wildman–Crippen MR) is 45.1 cm³/mol. The van der Waals surface area contributed by atoms with Gasteiger partial charge < -0.3 is 9.90 Å². The molecule has 0 saturated carbocycles. The van der Waals surface area contributed by atoms with E-state index in [-0.39, 0.29) is 22.0 Å². The summed E-state index contributed by atoms with van der Waals surface area (Å²) in [5.41, 5.74) is 0.244. The lowest BCUT2D eigenvalue weighted by atomic mass is 10.1. The predicted octanol–water partition coefficient (Wildman–Crippen LogP) is 1.42. The van der Waals surface area contributed by atoms with Crippen molar-refractivity contribution in [1.82, 2.24) is 0 Å². The monoisotopic (exact) mass is 221 g/mol. The first-order chi connectivity index (χ1) is 6.00. The average Bonchev–Trinajstić information content (AvgIpc) is 1.99. The van der Waals surface area contributed by atoms with E-state index in [1.165, 1.54) is 6.07 Å². The highest BCUT2D eigenvalue weighted by Gasteiger charge is 2.06. The van der Waals surface area contributed by atoms with E-state index in [9.17, 15) is 14.3 Å². The van der Waals surface area contributed by atoms with Crippen LogP contribution >= 0.6 is 23.2 Å². The molecule has 13 heavy (non-hydrogen) atoms. The minimum atomic E-state index is -1.29. The molecule has 1 aromatic rings. The molecule has 2 nitrogen and oxygen atoms in total. The second-order valence-corrected chi connectivity index (χ2v) is 3.22. The number of benzene rings is 1. The summed E-state index contributed by atoms with van der Waals surface area (Å²) in [5.74, 6) is -1.96. The van der Waals surface area contributed by atoms with E-state index in [2.05, 4.69) is 0 Å². The summed E-state index contributed by atoms with van der Waals surface area (Å²) in [6.45, 7) is 0. The molecule has 0 atom stereocenters. The summed E-state index contributed by atoms with van der Waals surface area (Å²) in [6, 6.07) is 2.15. The van der Waals surface area contributed by atoms with Gasteiger partial charge >= 0.3 is 0 Å². The fourth-order valence-corrected chi connectivity index (χ4v) is 1.26. The van der Waals surface area contributed by atoms with E-state index in [4.69, 9.17) is 23.2 Å². The van der Waals surface area contributed by atoms with Gasteiger partial charge in [0.05, 0.1) is 5.02 Å². The second kappa shape index (κ2) is 3.94. The summed E-state index contributed by atoms with van der Waals surface area (Å²) in [6.07, 6.45) is -0.376.